The number of nitrogens with one attached hydrogen (secondary N) is 3. The summed E-state index contributed by atoms with van der Waals surface area (Å²) < 4.78 is 53.4. The second-order valence-corrected chi connectivity index (χ2v) is 10.6. The van der Waals surface area contributed by atoms with Crippen LogP contribution in [0.3, 0.4) is 0 Å². The van der Waals surface area contributed by atoms with Crippen molar-refractivity contribution >= 4 is 46.9 Å². The summed E-state index contributed by atoms with van der Waals surface area (Å²) in [6.45, 7) is 1.55. The van der Waals surface area contributed by atoms with Crippen molar-refractivity contribution in [2.24, 2.45) is 0 Å². The van der Waals surface area contributed by atoms with Crippen molar-refractivity contribution in [3.05, 3.63) is 131 Å². The molecule has 4 rings (SSSR count). The van der Waals surface area contributed by atoms with E-state index in [1.807, 2.05) is 0 Å². The summed E-state index contributed by atoms with van der Waals surface area (Å²) in [4.78, 5) is 39.4. The van der Waals surface area contributed by atoms with Gasteiger partial charge in [0.1, 0.15) is 11.5 Å². The Morgan fingerprint density at radius 3 is 2.19 bits per heavy atom. The molecule has 0 spiro atoms. The smallest absolute Gasteiger partial charge is 0.325 e. The molecular weight excluding hydrogens is 582 g/mol. The first-order valence-electron chi connectivity index (χ1n) is 12.9. The Hall–Kier alpha value is -4.90. The molecule has 0 aliphatic heterocycles. The Bertz CT molecular complexity index is 1640. The molecule has 0 aromatic heterocycles. The molecule has 4 aromatic carbocycles. The number of carbonyl (C=O) groups excluding carboxylic acids is 3. The first-order chi connectivity index (χ1) is 20.5. The average Bonchev–Trinajstić information content (AvgIpc) is 2.98. The molecule has 0 fully saturated rings. The normalized spacial score (nSPS) is 12.3. The number of benzene rings is 4. The third-order valence-electron chi connectivity index (χ3n) is 5.97. The number of anilines is 2. The highest BCUT2D eigenvalue weighted by Gasteiger charge is 2.34. The third kappa shape index (κ3) is 8.79. The molecule has 0 aliphatic rings. The molecular formula is C32H25F4N3O3S. The van der Waals surface area contributed by atoms with E-state index in [0.29, 0.717) is 21.7 Å². The molecule has 0 saturated carbocycles. The number of para-hydroxylation sites is 1. The standard InChI is InChI=1S/C32H25F4N3O3S/c1-20(29(40)38-27-13-6-5-12-26(27)32(34,35)36)43-25-11-7-10-24(19-25)37-31(42)28(18-21-14-16-23(33)17-15-21)39-30(41)22-8-3-2-4-9-22/h2-20H,1H3,(H,37,42)(H,38,40)(H,39,41)/b28-18+. The predicted molar refractivity (Wildman–Crippen MR) is 159 cm³/mol. The monoisotopic (exact) mass is 607 g/mol. The lowest BCUT2D eigenvalue weighted by molar-refractivity contribution is -0.137. The summed E-state index contributed by atoms with van der Waals surface area (Å²) in [5.41, 5.74) is -0.265. The van der Waals surface area contributed by atoms with E-state index in [1.165, 1.54) is 48.5 Å². The van der Waals surface area contributed by atoms with E-state index in [2.05, 4.69) is 16.0 Å². The summed E-state index contributed by atoms with van der Waals surface area (Å²) >= 11 is 1.08. The summed E-state index contributed by atoms with van der Waals surface area (Å²) in [6.07, 6.45) is -3.23. The lowest BCUT2D eigenvalue weighted by Gasteiger charge is -2.16. The van der Waals surface area contributed by atoms with Gasteiger partial charge in [-0.05, 0) is 73.2 Å². The predicted octanol–water partition coefficient (Wildman–Crippen LogP) is 7.37. The molecule has 3 N–H and O–H groups in total. The molecule has 6 nitrogen and oxygen atoms in total. The highest BCUT2D eigenvalue weighted by molar-refractivity contribution is 8.00. The van der Waals surface area contributed by atoms with Crippen molar-refractivity contribution < 1.29 is 31.9 Å². The first kappa shape index (κ1) is 31.0. The molecule has 1 atom stereocenters. The van der Waals surface area contributed by atoms with Crippen LogP contribution < -0.4 is 16.0 Å². The SMILES string of the molecule is CC(Sc1cccc(NC(=O)/C(=C\c2ccc(F)cc2)NC(=O)c2ccccc2)c1)C(=O)Nc1ccccc1C(F)(F)F. The van der Waals surface area contributed by atoms with Gasteiger partial charge in [-0.1, -0.05) is 48.5 Å². The molecule has 43 heavy (non-hydrogen) atoms. The Morgan fingerprint density at radius 2 is 1.49 bits per heavy atom. The maximum Gasteiger partial charge on any atom is 0.418 e. The van der Waals surface area contributed by atoms with Gasteiger partial charge < -0.3 is 16.0 Å². The van der Waals surface area contributed by atoms with Gasteiger partial charge in [-0.15, -0.1) is 11.8 Å². The van der Waals surface area contributed by atoms with Gasteiger partial charge in [0.25, 0.3) is 11.8 Å². The third-order valence-corrected chi connectivity index (χ3v) is 7.07. The number of hydrogen-bond acceptors (Lipinski definition) is 4. The minimum atomic E-state index is -4.63. The number of halogens is 4. The lowest BCUT2D eigenvalue weighted by Crippen LogP contribution is -2.30. The molecule has 0 aliphatic carbocycles. The second-order valence-electron chi connectivity index (χ2n) is 9.20. The number of amides is 3. The number of hydrogen-bond donors (Lipinski definition) is 3. The summed E-state index contributed by atoms with van der Waals surface area (Å²) in [7, 11) is 0. The maximum atomic E-state index is 13.4. The maximum absolute atomic E-state index is 13.4. The van der Waals surface area contributed by atoms with Crippen LogP contribution >= 0.6 is 11.8 Å². The van der Waals surface area contributed by atoms with Crippen LogP contribution in [0.25, 0.3) is 6.08 Å². The van der Waals surface area contributed by atoms with Crippen LogP contribution in [0.4, 0.5) is 28.9 Å². The summed E-state index contributed by atoms with van der Waals surface area (Å²) in [5.74, 6) is -2.28. The molecule has 0 heterocycles. The first-order valence-corrected chi connectivity index (χ1v) is 13.8. The largest absolute Gasteiger partial charge is 0.418 e. The Balaban J connectivity index is 1.48. The van der Waals surface area contributed by atoms with Gasteiger partial charge in [0.2, 0.25) is 5.91 Å². The quantitative estimate of drug-likeness (QED) is 0.105. The van der Waals surface area contributed by atoms with E-state index >= 15 is 0 Å². The van der Waals surface area contributed by atoms with Crippen LogP contribution in [0.15, 0.2) is 114 Å². The molecule has 3 amide bonds. The highest BCUT2D eigenvalue weighted by Crippen LogP contribution is 2.35. The van der Waals surface area contributed by atoms with E-state index in [0.717, 1.165) is 17.8 Å². The zero-order valence-corrected chi connectivity index (χ0v) is 23.4. The van der Waals surface area contributed by atoms with Gasteiger partial charge >= 0.3 is 6.18 Å². The Morgan fingerprint density at radius 1 is 0.814 bits per heavy atom. The van der Waals surface area contributed by atoms with Gasteiger partial charge in [-0.25, -0.2) is 4.39 Å². The summed E-state index contributed by atoms with van der Waals surface area (Å²) in [5, 5.41) is 6.85. The number of thioether (sulfide) groups is 1. The van der Waals surface area contributed by atoms with Gasteiger partial charge in [-0.3, -0.25) is 14.4 Å². The minimum absolute atomic E-state index is 0.102. The van der Waals surface area contributed by atoms with Crippen molar-refractivity contribution in [3.8, 4) is 0 Å². The van der Waals surface area contributed by atoms with E-state index in [4.69, 9.17) is 0 Å². The molecule has 0 saturated heterocycles. The van der Waals surface area contributed by atoms with Crippen LogP contribution in [0, 0.1) is 5.82 Å². The van der Waals surface area contributed by atoms with Gasteiger partial charge in [0.05, 0.1) is 16.5 Å². The van der Waals surface area contributed by atoms with E-state index in [1.54, 1.807) is 61.5 Å². The van der Waals surface area contributed by atoms with Crippen LogP contribution in [0.2, 0.25) is 0 Å². The van der Waals surface area contributed by atoms with Crippen molar-refractivity contribution in [3.63, 3.8) is 0 Å². The summed E-state index contributed by atoms with van der Waals surface area (Å²) in [6, 6.07) is 24.8. The van der Waals surface area contributed by atoms with Crippen molar-refractivity contribution in [1.29, 1.82) is 0 Å². The number of rotatable bonds is 9. The van der Waals surface area contributed by atoms with Gasteiger partial charge in [-0.2, -0.15) is 13.2 Å². The molecule has 4 aromatic rings. The zero-order chi connectivity index (χ0) is 31.0. The van der Waals surface area contributed by atoms with Gasteiger partial charge in [0.15, 0.2) is 0 Å². The van der Waals surface area contributed by atoms with Crippen LogP contribution in [-0.2, 0) is 15.8 Å². The van der Waals surface area contributed by atoms with Crippen LogP contribution in [-0.4, -0.2) is 23.0 Å². The number of alkyl halides is 3. The fraction of sp³-hybridized carbons (Fsp3) is 0.0938. The topological polar surface area (TPSA) is 87.3 Å². The van der Waals surface area contributed by atoms with E-state index < -0.39 is 40.5 Å². The molecule has 0 radical (unpaired) electrons. The molecule has 1 unspecified atom stereocenters. The van der Waals surface area contributed by atoms with Crippen molar-refractivity contribution in [1.82, 2.24) is 5.32 Å². The van der Waals surface area contributed by atoms with Gasteiger partial charge in [0, 0.05) is 16.1 Å². The minimum Gasteiger partial charge on any atom is -0.325 e. The van der Waals surface area contributed by atoms with E-state index in [-0.39, 0.29) is 11.4 Å². The zero-order valence-electron chi connectivity index (χ0n) is 22.6. The highest BCUT2D eigenvalue weighted by atomic mass is 32.2. The number of carbonyl (C=O) groups is 3. The van der Waals surface area contributed by atoms with Crippen molar-refractivity contribution in [2.75, 3.05) is 10.6 Å². The Kier molecular flexibility index (Phi) is 9.99. The Labute approximate surface area is 249 Å². The molecule has 0 bridgehead atoms. The fourth-order valence-corrected chi connectivity index (χ4v) is 4.77. The van der Waals surface area contributed by atoms with E-state index in [9.17, 15) is 31.9 Å². The average molecular weight is 608 g/mol. The lowest BCUT2D eigenvalue weighted by atomic mass is 10.1. The molecule has 220 valence electrons. The van der Waals surface area contributed by atoms with Crippen LogP contribution in [0.5, 0.6) is 0 Å². The van der Waals surface area contributed by atoms with Crippen LogP contribution in [0.1, 0.15) is 28.4 Å². The fourth-order valence-electron chi connectivity index (χ4n) is 3.84. The van der Waals surface area contributed by atoms with Crippen molar-refractivity contribution in [2.45, 2.75) is 23.2 Å². The second kappa shape index (κ2) is 13.8. The molecule has 11 heteroatoms.